The third kappa shape index (κ3) is 3.22. The van der Waals surface area contributed by atoms with E-state index in [0.29, 0.717) is 6.42 Å². The molecular formula is C23H21F3N4O2. The number of carbonyl (C=O) groups excluding carboxylic acids is 1. The molecule has 3 atom stereocenters. The van der Waals surface area contributed by atoms with E-state index in [1.165, 1.54) is 18.3 Å². The Morgan fingerprint density at radius 3 is 2.62 bits per heavy atom. The number of amides is 1. The SMILES string of the molecule is C[C@H](NC(=O)[C@@]1(C2=Cc3c(ccc(F)c3F)NC2O)CC1(C)C)c1ncc(C#N)cc1F. The summed E-state index contributed by atoms with van der Waals surface area (Å²) in [7, 11) is 0. The van der Waals surface area contributed by atoms with Crippen molar-refractivity contribution in [3.05, 3.63) is 64.2 Å². The van der Waals surface area contributed by atoms with Gasteiger partial charge >= 0.3 is 0 Å². The maximum atomic E-state index is 14.4. The Hall–Kier alpha value is -3.38. The van der Waals surface area contributed by atoms with Crippen LogP contribution in [0.5, 0.6) is 0 Å². The number of aliphatic hydroxyl groups is 1. The molecule has 0 radical (unpaired) electrons. The summed E-state index contributed by atoms with van der Waals surface area (Å²) in [5, 5.41) is 25.0. The van der Waals surface area contributed by atoms with Gasteiger partial charge in [-0.05, 0) is 48.6 Å². The zero-order chi connectivity index (χ0) is 23.4. The average molecular weight is 442 g/mol. The van der Waals surface area contributed by atoms with Gasteiger partial charge in [0.25, 0.3) is 0 Å². The molecule has 0 bridgehead atoms. The zero-order valence-electron chi connectivity index (χ0n) is 17.6. The van der Waals surface area contributed by atoms with Gasteiger partial charge in [-0.25, -0.2) is 13.2 Å². The molecule has 0 spiro atoms. The van der Waals surface area contributed by atoms with Crippen molar-refractivity contribution in [2.24, 2.45) is 10.8 Å². The number of hydrogen-bond donors (Lipinski definition) is 3. The Kier molecular flexibility index (Phi) is 5.01. The Bertz CT molecular complexity index is 1200. The molecule has 9 heteroatoms. The van der Waals surface area contributed by atoms with Crippen molar-refractivity contribution in [2.75, 3.05) is 5.32 Å². The van der Waals surface area contributed by atoms with E-state index in [1.54, 1.807) is 13.0 Å². The van der Waals surface area contributed by atoms with Crippen LogP contribution in [0.1, 0.15) is 50.1 Å². The van der Waals surface area contributed by atoms with E-state index in [9.17, 15) is 23.1 Å². The lowest BCUT2D eigenvalue weighted by molar-refractivity contribution is -0.127. The normalized spacial score (nSPS) is 23.8. The number of nitrogens with zero attached hydrogens (tertiary/aromatic N) is 2. The van der Waals surface area contributed by atoms with Crippen molar-refractivity contribution in [3.8, 4) is 6.07 Å². The summed E-state index contributed by atoms with van der Waals surface area (Å²) in [6.07, 6.45) is 1.58. The largest absolute Gasteiger partial charge is 0.370 e. The fourth-order valence-electron chi connectivity index (χ4n) is 4.50. The lowest BCUT2D eigenvalue weighted by atomic mass is 9.82. The number of rotatable bonds is 4. The van der Waals surface area contributed by atoms with Gasteiger partial charge in [-0.1, -0.05) is 13.8 Å². The van der Waals surface area contributed by atoms with Crippen molar-refractivity contribution in [1.29, 1.82) is 5.26 Å². The minimum Gasteiger partial charge on any atom is -0.370 e. The summed E-state index contributed by atoms with van der Waals surface area (Å²) >= 11 is 0. The number of halogens is 3. The molecular weight excluding hydrogens is 421 g/mol. The van der Waals surface area contributed by atoms with Gasteiger partial charge in [0.15, 0.2) is 11.6 Å². The lowest BCUT2D eigenvalue weighted by Gasteiger charge is -2.32. The van der Waals surface area contributed by atoms with Gasteiger partial charge in [0.1, 0.15) is 18.1 Å². The number of carbonyl (C=O) groups is 1. The molecule has 32 heavy (non-hydrogen) atoms. The molecule has 2 aromatic rings. The van der Waals surface area contributed by atoms with Crippen LogP contribution in [0.2, 0.25) is 0 Å². The van der Waals surface area contributed by atoms with E-state index < -0.39 is 46.5 Å². The topological polar surface area (TPSA) is 98.0 Å². The lowest BCUT2D eigenvalue weighted by Crippen LogP contribution is -2.42. The van der Waals surface area contributed by atoms with E-state index >= 15 is 0 Å². The van der Waals surface area contributed by atoms with Crippen LogP contribution in [0.25, 0.3) is 6.08 Å². The monoisotopic (exact) mass is 442 g/mol. The molecule has 2 heterocycles. The fourth-order valence-corrected chi connectivity index (χ4v) is 4.50. The highest BCUT2D eigenvalue weighted by Crippen LogP contribution is 2.69. The maximum Gasteiger partial charge on any atom is 0.231 e. The summed E-state index contributed by atoms with van der Waals surface area (Å²) in [4.78, 5) is 17.3. The molecule has 6 nitrogen and oxygen atoms in total. The maximum absolute atomic E-state index is 14.4. The summed E-state index contributed by atoms with van der Waals surface area (Å²) in [5.74, 6) is -3.34. The van der Waals surface area contributed by atoms with Crippen molar-refractivity contribution in [2.45, 2.75) is 39.5 Å². The van der Waals surface area contributed by atoms with E-state index in [0.717, 1.165) is 12.1 Å². The number of nitriles is 1. The Balaban J connectivity index is 1.69. The van der Waals surface area contributed by atoms with Crippen LogP contribution in [0.4, 0.5) is 18.9 Å². The smallest absolute Gasteiger partial charge is 0.231 e. The second-order valence-electron chi connectivity index (χ2n) is 8.83. The second-order valence-corrected chi connectivity index (χ2v) is 8.83. The molecule has 4 rings (SSSR count). The van der Waals surface area contributed by atoms with Crippen molar-refractivity contribution >= 4 is 17.7 Å². The number of benzene rings is 1. The first-order chi connectivity index (χ1) is 15.0. The van der Waals surface area contributed by atoms with Crippen LogP contribution < -0.4 is 10.6 Å². The number of aliphatic hydroxyl groups excluding tert-OH is 1. The summed E-state index contributed by atoms with van der Waals surface area (Å²) in [5.41, 5.74) is -1.45. The second kappa shape index (κ2) is 7.35. The van der Waals surface area contributed by atoms with E-state index in [2.05, 4.69) is 15.6 Å². The molecule has 1 fully saturated rings. The van der Waals surface area contributed by atoms with Crippen LogP contribution in [0.3, 0.4) is 0 Å². The number of pyridine rings is 1. The van der Waals surface area contributed by atoms with Crippen LogP contribution in [-0.2, 0) is 4.79 Å². The van der Waals surface area contributed by atoms with Gasteiger partial charge in [0.05, 0.1) is 22.7 Å². The van der Waals surface area contributed by atoms with Crippen molar-refractivity contribution < 1.29 is 23.1 Å². The molecule has 1 unspecified atom stereocenters. The quantitative estimate of drug-likeness (QED) is 0.669. The van der Waals surface area contributed by atoms with Crippen LogP contribution in [0.15, 0.2) is 30.0 Å². The first-order valence-corrected chi connectivity index (χ1v) is 10.0. The molecule has 1 amide bonds. The van der Waals surface area contributed by atoms with Crippen molar-refractivity contribution in [3.63, 3.8) is 0 Å². The van der Waals surface area contributed by atoms with Crippen LogP contribution in [-0.4, -0.2) is 22.2 Å². The molecule has 166 valence electrons. The third-order valence-corrected chi connectivity index (χ3v) is 6.39. The predicted molar refractivity (Wildman–Crippen MR) is 110 cm³/mol. The predicted octanol–water partition coefficient (Wildman–Crippen LogP) is 3.79. The zero-order valence-corrected chi connectivity index (χ0v) is 17.6. The molecule has 1 aromatic carbocycles. The minimum absolute atomic E-state index is 0.0410. The van der Waals surface area contributed by atoms with Crippen LogP contribution >= 0.6 is 0 Å². The molecule has 0 saturated heterocycles. The number of fused-ring (bicyclic) bond motifs is 1. The molecule has 2 aliphatic rings. The van der Waals surface area contributed by atoms with Crippen molar-refractivity contribution in [1.82, 2.24) is 10.3 Å². The number of hydrogen-bond acceptors (Lipinski definition) is 5. The molecule has 1 aliphatic carbocycles. The molecule has 1 aliphatic heterocycles. The average Bonchev–Trinajstić information content (AvgIpc) is 3.33. The standard InChI is InChI=1S/C23H21F3N4O2/c1-11(19-16(25)6-12(8-27)9-28-19)29-21(32)23(10-22(23,2)3)14-7-13-17(30-20(14)31)5-4-15(24)18(13)26/h4-7,9,11,20,30-31H,10H2,1-3H3,(H,29,32)/t11-,20?,23-/m0/s1. The molecule has 1 saturated carbocycles. The first-order valence-electron chi connectivity index (χ1n) is 10.0. The van der Waals surface area contributed by atoms with Gasteiger partial charge < -0.3 is 15.7 Å². The highest BCUT2D eigenvalue weighted by atomic mass is 19.2. The Labute approximate surface area is 182 Å². The number of aromatic nitrogens is 1. The first kappa shape index (κ1) is 21.8. The summed E-state index contributed by atoms with van der Waals surface area (Å²) < 4.78 is 42.5. The van der Waals surface area contributed by atoms with Gasteiger partial charge in [-0.2, -0.15) is 5.26 Å². The number of anilines is 1. The summed E-state index contributed by atoms with van der Waals surface area (Å²) in [6, 6.07) is 4.27. The van der Waals surface area contributed by atoms with E-state index in [1.807, 2.05) is 13.8 Å². The summed E-state index contributed by atoms with van der Waals surface area (Å²) in [6.45, 7) is 5.19. The molecule has 1 aromatic heterocycles. The number of nitrogens with one attached hydrogen (secondary N) is 2. The van der Waals surface area contributed by atoms with E-state index in [4.69, 9.17) is 5.26 Å². The molecule has 3 N–H and O–H groups in total. The fraction of sp³-hybridized carbons (Fsp3) is 0.348. The van der Waals surface area contributed by atoms with Gasteiger partial charge in [0.2, 0.25) is 5.91 Å². The minimum atomic E-state index is -1.29. The van der Waals surface area contributed by atoms with Crippen LogP contribution in [0, 0.1) is 39.6 Å². The highest BCUT2D eigenvalue weighted by Gasteiger charge is 2.69. The Morgan fingerprint density at radius 2 is 2.03 bits per heavy atom. The van der Waals surface area contributed by atoms with Gasteiger partial charge in [-0.3, -0.25) is 9.78 Å². The van der Waals surface area contributed by atoms with E-state index in [-0.39, 0.29) is 28.1 Å². The highest BCUT2D eigenvalue weighted by molar-refractivity contribution is 5.94. The van der Waals surface area contributed by atoms with Gasteiger partial charge in [0, 0.05) is 17.4 Å². The Morgan fingerprint density at radius 1 is 1.34 bits per heavy atom. The third-order valence-electron chi connectivity index (χ3n) is 6.39. The van der Waals surface area contributed by atoms with Gasteiger partial charge in [-0.15, -0.1) is 0 Å².